The number of rotatable bonds is 1. The molecule has 0 aliphatic carbocycles. The molecule has 0 aliphatic rings. The monoisotopic (exact) mass is 300 g/mol. The number of phenols is 1. The van der Waals surface area contributed by atoms with E-state index < -0.39 is 5.82 Å². The molecule has 82 valence electrons. The van der Waals surface area contributed by atoms with Crippen molar-refractivity contribution in [1.82, 2.24) is 0 Å². The standard InChI is InChI=1S/C12H7BrClFO/c13-8-5-6-10(16)11(12(8)14)7-3-1-2-4-9(7)15/h1-6,16H. The second-order valence-corrected chi connectivity index (χ2v) is 4.47. The molecule has 2 aromatic carbocycles. The van der Waals surface area contributed by atoms with Gasteiger partial charge in [-0.1, -0.05) is 29.8 Å². The van der Waals surface area contributed by atoms with Crippen molar-refractivity contribution in [3.8, 4) is 16.9 Å². The van der Waals surface area contributed by atoms with E-state index in [0.29, 0.717) is 15.1 Å². The molecule has 4 heteroatoms. The maximum absolute atomic E-state index is 13.6. The number of hydrogen-bond acceptors (Lipinski definition) is 1. The van der Waals surface area contributed by atoms with Gasteiger partial charge in [-0.05, 0) is 34.1 Å². The van der Waals surface area contributed by atoms with E-state index in [0.717, 1.165) is 0 Å². The highest BCUT2D eigenvalue weighted by molar-refractivity contribution is 9.10. The molecule has 2 rings (SSSR count). The van der Waals surface area contributed by atoms with Crippen molar-refractivity contribution in [2.75, 3.05) is 0 Å². The Morgan fingerprint density at radius 1 is 1.12 bits per heavy atom. The van der Waals surface area contributed by atoms with Crippen LogP contribution in [0.3, 0.4) is 0 Å². The van der Waals surface area contributed by atoms with E-state index in [1.54, 1.807) is 24.3 Å². The quantitative estimate of drug-likeness (QED) is 0.815. The van der Waals surface area contributed by atoms with Gasteiger partial charge in [0.15, 0.2) is 0 Å². The lowest BCUT2D eigenvalue weighted by atomic mass is 10.0. The number of hydrogen-bond donors (Lipinski definition) is 1. The van der Waals surface area contributed by atoms with Crippen LogP contribution in [0, 0.1) is 5.82 Å². The maximum atomic E-state index is 13.6. The van der Waals surface area contributed by atoms with Gasteiger partial charge in [-0.25, -0.2) is 4.39 Å². The smallest absolute Gasteiger partial charge is 0.131 e. The molecule has 0 saturated heterocycles. The van der Waals surface area contributed by atoms with Crippen LogP contribution in [0.5, 0.6) is 5.75 Å². The molecule has 0 atom stereocenters. The normalized spacial score (nSPS) is 10.4. The van der Waals surface area contributed by atoms with Crippen molar-refractivity contribution in [2.24, 2.45) is 0 Å². The van der Waals surface area contributed by atoms with Gasteiger partial charge in [0.05, 0.1) is 5.02 Å². The summed E-state index contributed by atoms with van der Waals surface area (Å²) in [5.41, 5.74) is 0.584. The molecular formula is C12H7BrClFO. The average Bonchev–Trinajstić information content (AvgIpc) is 2.27. The summed E-state index contributed by atoms with van der Waals surface area (Å²) in [5, 5.41) is 10.0. The molecule has 0 saturated carbocycles. The molecule has 0 aliphatic heterocycles. The first-order valence-corrected chi connectivity index (χ1v) is 5.70. The van der Waals surface area contributed by atoms with Crippen LogP contribution in [0.4, 0.5) is 4.39 Å². The summed E-state index contributed by atoms with van der Waals surface area (Å²) in [6, 6.07) is 9.26. The summed E-state index contributed by atoms with van der Waals surface area (Å²) in [4.78, 5) is 0. The van der Waals surface area contributed by atoms with E-state index >= 15 is 0 Å². The highest BCUT2D eigenvalue weighted by Gasteiger charge is 2.14. The van der Waals surface area contributed by atoms with Crippen LogP contribution in [0.2, 0.25) is 5.02 Å². The molecule has 0 heterocycles. The molecular weight excluding hydrogens is 294 g/mol. The Morgan fingerprint density at radius 3 is 2.50 bits per heavy atom. The minimum atomic E-state index is -0.419. The van der Waals surface area contributed by atoms with E-state index in [1.807, 2.05) is 0 Å². The lowest BCUT2D eigenvalue weighted by Crippen LogP contribution is -1.86. The van der Waals surface area contributed by atoms with Crippen LogP contribution in [-0.2, 0) is 0 Å². The minimum Gasteiger partial charge on any atom is -0.507 e. The van der Waals surface area contributed by atoms with Gasteiger partial charge in [0.1, 0.15) is 11.6 Å². The van der Waals surface area contributed by atoms with Crippen LogP contribution < -0.4 is 0 Å². The molecule has 1 N–H and O–H groups in total. The first-order chi connectivity index (χ1) is 7.61. The average molecular weight is 302 g/mol. The van der Waals surface area contributed by atoms with Crippen LogP contribution in [0.15, 0.2) is 40.9 Å². The van der Waals surface area contributed by atoms with Gasteiger partial charge in [0.2, 0.25) is 0 Å². The van der Waals surface area contributed by atoms with E-state index in [2.05, 4.69) is 15.9 Å². The molecule has 0 amide bonds. The lowest BCUT2D eigenvalue weighted by Gasteiger charge is -2.09. The summed E-state index contributed by atoms with van der Waals surface area (Å²) in [7, 11) is 0. The Bertz CT molecular complexity index is 543. The number of phenolic OH excluding ortho intramolecular Hbond substituents is 1. The third kappa shape index (κ3) is 1.93. The summed E-state index contributed by atoms with van der Waals surface area (Å²) < 4.78 is 14.2. The van der Waals surface area contributed by atoms with Gasteiger partial charge in [-0.15, -0.1) is 0 Å². The largest absolute Gasteiger partial charge is 0.507 e. The van der Waals surface area contributed by atoms with Crippen molar-refractivity contribution in [1.29, 1.82) is 0 Å². The van der Waals surface area contributed by atoms with Crippen LogP contribution in [-0.4, -0.2) is 5.11 Å². The van der Waals surface area contributed by atoms with E-state index in [1.165, 1.54) is 12.1 Å². The highest BCUT2D eigenvalue weighted by Crippen LogP contribution is 2.40. The fourth-order valence-electron chi connectivity index (χ4n) is 1.46. The predicted octanol–water partition coefficient (Wildman–Crippen LogP) is 4.61. The molecule has 2 aromatic rings. The van der Waals surface area contributed by atoms with Crippen molar-refractivity contribution < 1.29 is 9.50 Å². The summed E-state index contributed by atoms with van der Waals surface area (Å²) >= 11 is 9.27. The minimum absolute atomic E-state index is 0.0432. The molecule has 0 unspecified atom stereocenters. The van der Waals surface area contributed by atoms with Crippen LogP contribution >= 0.6 is 27.5 Å². The third-order valence-corrected chi connectivity index (χ3v) is 3.50. The fraction of sp³-hybridized carbons (Fsp3) is 0. The molecule has 0 radical (unpaired) electrons. The SMILES string of the molecule is Oc1ccc(Br)c(Cl)c1-c1ccccc1F. The second kappa shape index (κ2) is 4.44. The van der Waals surface area contributed by atoms with Gasteiger partial charge >= 0.3 is 0 Å². The van der Waals surface area contributed by atoms with Crippen molar-refractivity contribution in [2.45, 2.75) is 0 Å². The van der Waals surface area contributed by atoms with Gasteiger partial charge in [-0.2, -0.15) is 0 Å². The first kappa shape index (κ1) is 11.4. The predicted molar refractivity (Wildman–Crippen MR) is 66.2 cm³/mol. The molecule has 0 spiro atoms. The zero-order chi connectivity index (χ0) is 11.7. The summed E-state index contributed by atoms with van der Waals surface area (Å²) in [6.07, 6.45) is 0. The third-order valence-electron chi connectivity index (χ3n) is 2.22. The Kier molecular flexibility index (Phi) is 3.17. The summed E-state index contributed by atoms with van der Waals surface area (Å²) in [6.45, 7) is 0. The van der Waals surface area contributed by atoms with Crippen molar-refractivity contribution in [3.63, 3.8) is 0 Å². The Hall–Kier alpha value is -1.06. The zero-order valence-electron chi connectivity index (χ0n) is 8.05. The molecule has 0 fully saturated rings. The zero-order valence-corrected chi connectivity index (χ0v) is 10.4. The Morgan fingerprint density at radius 2 is 1.81 bits per heavy atom. The number of benzene rings is 2. The fourth-order valence-corrected chi connectivity index (χ4v) is 2.05. The van der Waals surface area contributed by atoms with Crippen molar-refractivity contribution in [3.05, 3.63) is 51.7 Å². The van der Waals surface area contributed by atoms with Gasteiger partial charge < -0.3 is 5.11 Å². The Balaban J connectivity index is 2.74. The van der Waals surface area contributed by atoms with Crippen molar-refractivity contribution >= 4 is 27.5 Å². The lowest BCUT2D eigenvalue weighted by molar-refractivity contribution is 0.476. The van der Waals surface area contributed by atoms with E-state index in [9.17, 15) is 9.50 Å². The molecule has 0 bridgehead atoms. The second-order valence-electron chi connectivity index (χ2n) is 3.24. The van der Waals surface area contributed by atoms with Crippen LogP contribution in [0.25, 0.3) is 11.1 Å². The first-order valence-electron chi connectivity index (χ1n) is 4.53. The van der Waals surface area contributed by atoms with Gasteiger partial charge in [0.25, 0.3) is 0 Å². The Labute approximate surface area is 106 Å². The molecule has 0 aromatic heterocycles. The topological polar surface area (TPSA) is 20.2 Å². The maximum Gasteiger partial charge on any atom is 0.131 e. The number of halogens is 3. The molecule has 16 heavy (non-hydrogen) atoms. The van der Waals surface area contributed by atoms with E-state index in [4.69, 9.17) is 11.6 Å². The van der Waals surface area contributed by atoms with E-state index in [-0.39, 0.29) is 11.3 Å². The molecule has 1 nitrogen and oxygen atoms in total. The van der Waals surface area contributed by atoms with Crippen LogP contribution in [0.1, 0.15) is 0 Å². The highest BCUT2D eigenvalue weighted by atomic mass is 79.9. The summed E-state index contributed by atoms with van der Waals surface area (Å²) in [5.74, 6) is -0.462. The van der Waals surface area contributed by atoms with Gasteiger partial charge in [0, 0.05) is 15.6 Å². The number of aromatic hydroxyl groups is 1. The van der Waals surface area contributed by atoms with Gasteiger partial charge in [-0.3, -0.25) is 0 Å².